The Bertz CT molecular complexity index is 477. The number of hydrogen-bond donors (Lipinski definition) is 2. The third-order valence-corrected chi connectivity index (χ3v) is 2.46. The number of halogens is 3. The monoisotopic (exact) mass is 307 g/mol. The molecule has 21 heavy (non-hydrogen) atoms. The summed E-state index contributed by atoms with van der Waals surface area (Å²) in [5.41, 5.74) is 0.747. The average Bonchev–Trinajstić information content (AvgIpc) is 2.40. The summed E-state index contributed by atoms with van der Waals surface area (Å²) in [5, 5.41) is 11.4. The number of benzene rings is 1. The van der Waals surface area contributed by atoms with Crippen molar-refractivity contribution in [1.29, 1.82) is 0 Å². The third-order valence-electron chi connectivity index (χ3n) is 2.46. The van der Waals surface area contributed by atoms with E-state index in [1.54, 1.807) is 12.1 Å². The van der Waals surface area contributed by atoms with E-state index >= 15 is 0 Å². The summed E-state index contributed by atoms with van der Waals surface area (Å²) in [6, 6.07) is 4.51. The lowest BCUT2D eigenvalue weighted by Gasteiger charge is -2.13. The minimum Gasteiger partial charge on any atom is -0.493 e. The smallest absolute Gasteiger partial charge is 0.422 e. The summed E-state index contributed by atoms with van der Waals surface area (Å²) in [4.78, 5) is 10.3. The largest absolute Gasteiger partial charge is 0.493 e. The highest BCUT2D eigenvalue weighted by Crippen LogP contribution is 2.29. The number of nitrogens with one attached hydrogen (secondary N) is 1. The Kier molecular flexibility index (Phi) is 6.29. The molecule has 0 fully saturated rings. The van der Waals surface area contributed by atoms with Gasteiger partial charge in [0.05, 0.1) is 13.5 Å². The van der Waals surface area contributed by atoms with Gasteiger partial charge in [0.25, 0.3) is 0 Å². The second-order valence-corrected chi connectivity index (χ2v) is 4.21. The summed E-state index contributed by atoms with van der Waals surface area (Å²) < 4.78 is 45.9. The summed E-state index contributed by atoms with van der Waals surface area (Å²) in [7, 11) is 1.33. The zero-order valence-electron chi connectivity index (χ0n) is 11.4. The van der Waals surface area contributed by atoms with E-state index in [1.807, 2.05) is 0 Å². The van der Waals surface area contributed by atoms with E-state index in [1.165, 1.54) is 13.2 Å². The Labute approximate surface area is 119 Å². The van der Waals surface area contributed by atoms with Crippen molar-refractivity contribution in [2.45, 2.75) is 19.1 Å². The van der Waals surface area contributed by atoms with Crippen LogP contribution in [0.5, 0.6) is 11.5 Å². The van der Waals surface area contributed by atoms with Gasteiger partial charge in [0, 0.05) is 13.1 Å². The second kappa shape index (κ2) is 7.72. The van der Waals surface area contributed by atoms with Crippen molar-refractivity contribution in [3.63, 3.8) is 0 Å². The number of rotatable bonds is 8. The fraction of sp³-hybridized carbons (Fsp3) is 0.462. The van der Waals surface area contributed by atoms with Crippen LogP contribution >= 0.6 is 0 Å². The Balaban J connectivity index is 2.59. The zero-order valence-corrected chi connectivity index (χ0v) is 11.4. The van der Waals surface area contributed by atoms with Gasteiger partial charge in [0.1, 0.15) is 0 Å². The number of hydrogen-bond acceptors (Lipinski definition) is 4. The molecule has 0 amide bonds. The van der Waals surface area contributed by atoms with Gasteiger partial charge in [0.2, 0.25) is 0 Å². The maximum Gasteiger partial charge on any atom is 0.422 e. The molecule has 0 aliphatic heterocycles. The van der Waals surface area contributed by atoms with Gasteiger partial charge in [-0.1, -0.05) is 6.07 Å². The first-order chi connectivity index (χ1) is 9.81. The van der Waals surface area contributed by atoms with Crippen LogP contribution in [-0.4, -0.2) is 37.5 Å². The quantitative estimate of drug-likeness (QED) is 0.721. The Morgan fingerprint density at radius 1 is 1.33 bits per heavy atom. The molecule has 0 aromatic heterocycles. The molecule has 118 valence electrons. The summed E-state index contributed by atoms with van der Waals surface area (Å²) in [5.74, 6) is -0.711. The van der Waals surface area contributed by atoms with Crippen LogP contribution in [0, 0.1) is 0 Å². The van der Waals surface area contributed by atoms with E-state index in [4.69, 9.17) is 9.84 Å². The van der Waals surface area contributed by atoms with Crippen LogP contribution < -0.4 is 14.8 Å². The molecular weight excluding hydrogens is 291 g/mol. The van der Waals surface area contributed by atoms with E-state index in [2.05, 4.69) is 10.1 Å². The van der Waals surface area contributed by atoms with E-state index in [0.29, 0.717) is 13.1 Å². The van der Waals surface area contributed by atoms with Crippen LogP contribution in [0.2, 0.25) is 0 Å². The van der Waals surface area contributed by atoms with Crippen LogP contribution in [0.3, 0.4) is 0 Å². The van der Waals surface area contributed by atoms with Crippen molar-refractivity contribution in [3.8, 4) is 11.5 Å². The van der Waals surface area contributed by atoms with Crippen LogP contribution in [0.4, 0.5) is 13.2 Å². The van der Waals surface area contributed by atoms with Gasteiger partial charge >= 0.3 is 12.1 Å². The van der Waals surface area contributed by atoms with Crippen molar-refractivity contribution in [3.05, 3.63) is 23.8 Å². The predicted octanol–water partition coefficient (Wildman–Crippen LogP) is 2.20. The summed E-state index contributed by atoms with van der Waals surface area (Å²) in [6.45, 7) is -0.716. The van der Waals surface area contributed by atoms with E-state index in [9.17, 15) is 18.0 Å². The fourth-order valence-electron chi connectivity index (χ4n) is 1.53. The van der Waals surface area contributed by atoms with Crippen molar-refractivity contribution in [2.75, 3.05) is 20.3 Å². The van der Waals surface area contributed by atoms with Gasteiger partial charge in [-0.2, -0.15) is 13.2 Å². The van der Waals surface area contributed by atoms with Gasteiger partial charge < -0.3 is 19.9 Å². The minimum atomic E-state index is -4.41. The molecular formula is C13H16F3NO4. The summed E-state index contributed by atoms with van der Waals surface area (Å²) >= 11 is 0. The van der Waals surface area contributed by atoms with Crippen molar-refractivity contribution < 1.29 is 32.5 Å². The number of methoxy groups -OCH3 is 1. The Morgan fingerprint density at radius 2 is 2.05 bits per heavy atom. The molecule has 1 aromatic rings. The normalized spacial score (nSPS) is 11.2. The molecule has 5 nitrogen and oxygen atoms in total. The van der Waals surface area contributed by atoms with Gasteiger partial charge in [-0.25, -0.2) is 0 Å². The number of carboxylic acids is 1. The maximum atomic E-state index is 12.1. The van der Waals surface area contributed by atoms with Crippen molar-refractivity contribution in [2.24, 2.45) is 0 Å². The fourth-order valence-corrected chi connectivity index (χ4v) is 1.53. The van der Waals surface area contributed by atoms with Gasteiger partial charge in [-0.05, 0) is 17.7 Å². The van der Waals surface area contributed by atoms with Gasteiger partial charge in [-0.3, -0.25) is 4.79 Å². The lowest BCUT2D eigenvalue weighted by atomic mass is 10.2. The molecule has 1 rings (SSSR count). The molecule has 2 N–H and O–H groups in total. The lowest BCUT2D eigenvalue weighted by Crippen LogP contribution is -2.20. The minimum absolute atomic E-state index is 0.00381. The average molecular weight is 307 g/mol. The van der Waals surface area contributed by atoms with Crippen LogP contribution in [0.25, 0.3) is 0 Å². The predicted molar refractivity (Wildman–Crippen MR) is 68.5 cm³/mol. The van der Waals surface area contributed by atoms with E-state index in [0.717, 1.165) is 5.56 Å². The maximum absolute atomic E-state index is 12.1. The van der Waals surface area contributed by atoms with E-state index in [-0.39, 0.29) is 17.9 Å². The number of carboxylic acid groups (broad SMARTS) is 1. The Morgan fingerprint density at radius 3 is 2.62 bits per heavy atom. The number of carbonyl (C=O) groups is 1. The van der Waals surface area contributed by atoms with Crippen LogP contribution in [0.1, 0.15) is 12.0 Å². The third kappa shape index (κ3) is 6.84. The SMILES string of the molecule is COc1cc(CNCCC(=O)O)ccc1OCC(F)(F)F. The highest BCUT2D eigenvalue weighted by Gasteiger charge is 2.29. The molecule has 8 heteroatoms. The molecule has 0 aliphatic rings. The molecule has 0 saturated carbocycles. The zero-order chi connectivity index (χ0) is 15.9. The molecule has 0 saturated heterocycles. The molecule has 0 bridgehead atoms. The molecule has 0 unspecified atom stereocenters. The Hall–Kier alpha value is -1.96. The molecule has 0 aliphatic carbocycles. The molecule has 1 aromatic carbocycles. The number of alkyl halides is 3. The van der Waals surface area contributed by atoms with Crippen molar-refractivity contribution >= 4 is 5.97 Å². The first kappa shape index (κ1) is 17.1. The highest BCUT2D eigenvalue weighted by atomic mass is 19.4. The number of ether oxygens (including phenoxy) is 2. The molecule has 0 heterocycles. The van der Waals surface area contributed by atoms with Gasteiger partial charge in [-0.15, -0.1) is 0 Å². The topological polar surface area (TPSA) is 67.8 Å². The van der Waals surface area contributed by atoms with Gasteiger partial charge in [0.15, 0.2) is 18.1 Å². The highest BCUT2D eigenvalue weighted by molar-refractivity contribution is 5.66. The standard InChI is InChI=1S/C13H16F3NO4/c1-20-11-6-9(7-17-5-4-12(18)19)2-3-10(11)21-8-13(14,15)16/h2-3,6,17H,4-5,7-8H2,1H3,(H,18,19). The first-order valence-electron chi connectivity index (χ1n) is 6.11. The number of aliphatic carboxylic acids is 1. The second-order valence-electron chi connectivity index (χ2n) is 4.21. The lowest BCUT2D eigenvalue weighted by molar-refractivity contribution is -0.153. The molecule has 0 radical (unpaired) electrons. The summed E-state index contributed by atoms with van der Waals surface area (Å²) in [6.07, 6.45) is -4.42. The van der Waals surface area contributed by atoms with Crippen molar-refractivity contribution in [1.82, 2.24) is 5.32 Å². The molecule has 0 spiro atoms. The van der Waals surface area contributed by atoms with Crippen LogP contribution in [-0.2, 0) is 11.3 Å². The molecule has 0 atom stereocenters. The first-order valence-corrected chi connectivity index (χ1v) is 6.11. The van der Waals surface area contributed by atoms with Crippen LogP contribution in [0.15, 0.2) is 18.2 Å². The van der Waals surface area contributed by atoms with E-state index < -0.39 is 18.8 Å².